The van der Waals surface area contributed by atoms with Gasteiger partial charge >= 0.3 is 5.97 Å². The monoisotopic (exact) mass is 429 g/mol. The van der Waals surface area contributed by atoms with Crippen molar-refractivity contribution in [3.63, 3.8) is 0 Å². The standard InChI is InChI=1S/C20H16FN3O3S2/c1-23-14-10-13(21)3-4-15(14)28-20(23)18-19(26)24(11-17(25)27-2)16(29-18)9-12-5-7-22-8-6-12/h3-10H,11H2,1-2H3/b16-9-,20-18+. The highest BCUT2D eigenvalue weighted by Crippen LogP contribution is 2.45. The quantitative estimate of drug-likeness (QED) is 0.591. The van der Waals surface area contributed by atoms with Crippen molar-refractivity contribution in [1.82, 2.24) is 9.55 Å². The van der Waals surface area contributed by atoms with Crippen LogP contribution in [0, 0.1) is 5.82 Å². The number of anilines is 1. The Labute approximate surface area is 173 Å². The maximum atomic E-state index is 13.7. The van der Waals surface area contributed by atoms with Crippen molar-refractivity contribution in [3.8, 4) is 0 Å². The van der Waals surface area contributed by atoms with Gasteiger partial charge in [0.25, 0.3) is 5.56 Å². The number of ether oxygens (including phenoxy) is 1. The van der Waals surface area contributed by atoms with Crippen LogP contribution in [0.4, 0.5) is 10.1 Å². The van der Waals surface area contributed by atoms with E-state index in [0.29, 0.717) is 19.9 Å². The Morgan fingerprint density at radius 1 is 1.28 bits per heavy atom. The number of aromatic nitrogens is 2. The second-order valence-electron chi connectivity index (χ2n) is 6.24. The van der Waals surface area contributed by atoms with Crippen LogP contribution in [0.15, 0.2) is 52.4 Å². The van der Waals surface area contributed by atoms with Gasteiger partial charge < -0.3 is 9.64 Å². The van der Waals surface area contributed by atoms with Crippen molar-refractivity contribution in [2.75, 3.05) is 19.1 Å². The third kappa shape index (κ3) is 3.70. The predicted octanol–water partition coefficient (Wildman–Crippen LogP) is 1.75. The number of fused-ring (bicyclic) bond motifs is 1. The first kappa shape index (κ1) is 19.4. The van der Waals surface area contributed by atoms with Gasteiger partial charge in [-0.15, -0.1) is 11.3 Å². The summed E-state index contributed by atoms with van der Waals surface area (Å²) in [5, 5.41) is 0.702. The van der Waals surface area contributed by atoms with Crippen LogP contribution in [0.5, 0.6) is 0 Å². The van der Waals surface area contributed by atoms with E-state index in [-0.39, 0.29) is 17.9 Å². The lowest BCUT2D eigenvalue weighted by molar-refractivity contribution is -0.141. The first-order chi connectivity index (χ1) is 14.0. The molecule has 0 aliphatic carbocycles. The molecule has 0 atom stereocenters. The number of nitrogens with zero attached hydrogens (tertiary/aromatic N) is 3. The molecule has 0 spiro atoms. The highest BCUT2D eigenvalue weighted by Gasteiger charge is 2.25. The van der Waals surface area contributed by atoms with Crippen molar-refractivity contribution in [2.45, 2.75) is 11.4 Å². The lowest BCUT2D eigenvalue weighted by Gasteiger charge is -2.12. The Bertz CT molecular complexity index is 1270. The van der Waals surface area contributed by atoms with Crippen LogP contribution in [-0.2, 0) is 16.1 Å². The number of hydrogen-bond donors (Lipinski definition) is 0. The Morgan fingerprint density at radius 2 is 2.03 bits per heavy atom. The average molecular weight is 429 g/mol. The highest BCUT2D eigenvalue weighted by atomic mass is 32.2. The number of hydrogen-bond acceptors (Lipinski definition) is 7. The number of carbonyl (C=O) groups excluding carboxylic acids is 1. The van der Waals surface area contributed by atoms with Gasteiger partial charge in [-0.2, -0.15) is 0 Å². The molecule has 6 nitrogen and oxygen atoms in total. The van der Waals surface area contributed by atoms with Crippen molar-refractivity contribution >= 4 is 45.9 Å². The first-order valence-electron chi connectivity index (χ1n) is 8.61. The van der Waals surface area contributed by atoms with Crippen LogP contribution < -0.4 is 19.7 Å². The number of thiazole rings is 1. The van der Waals surface area contributed by atoms with Crippen molar-refractivity contribution in [3.05, 3.63) is 73.7 Å². The van der Waals surface area contributed by atoms with Crippen LogP contribution in [0.3, 0.4) is 0 Å². The molecule has 0 amide bonds. The first-order valence-corrected chi connectivity index (χ1v) is 10.2. The lowest BCUT2D eigenvalue weighted by Crippen LogP contribution is -2.36. The Kier molecular flexibility index (Phi) is 5.25. The van der Waals surface area contributed by atoms with Gasteiger partial charge in [-0.25, -0.2) is 4.39 Å². The molecule has 0 N–H and O–H groups in total. The molecular formula is C20H16FN3O3S2. The molecule has 148 valence electrons. The van der Waals surface area contributed by atoms with Gasteiger partial charge in [0.2, 0.25) is 0 Å². The van der Waals surface area contributed by atoms with Gasteiger partial charge in [0.15, 0.2) is 0 Å². The van der Waals surface area contributed by atoms with Crippen molar-refractivity contribution in [2.24, 2.45) is 0 Å². The van der Waals surface area contributed by atoms with Gasteiger partial charge in [-0.1, -0.05) is 11.8 Å². The number of pyridine rings is 1. The average Bonchev–Trinajstić information content (AvgIpc) is 3.20. The zero-order valence-corrected chi connectivity index (χ0v) is 17.2. The van der Waals surface area contributed by atoms with E-state index in [1.165, 1.54) is 46.9 Å². The van der Waals surface area contributed by atoms with Crippen molar-refractivity contribution < 1.29 is 13.9 Å². The van der Waals surface area contributed by atoms with Gasteiger partial charge in [0.1, 0.15) is 21.9 Å². The Balaban J connectivity index is 1.93. The molecule has 3 heterocycles. The molecule has 0 fully saturated rings. The minimum Gasteiger partial charge on any atom is -0.468 e. The summed E-state index contributed by atoms with van der Waals surface area (Å²) in [6, 6.07) is 8.17. The number of benzene rings is 1. The van der Waals surface area contributed by atoms with Crippen LogP contribution in [0.2, 0.25) is 0 Å². The normalized spacial score (nSPS) is 15.6. The molecule has 3 aromatic rings. The van der Waals surface area contributed by atoms with E-state index in [2.05, 4.69) is 4.98 Å². The summed E-state index contributed by atoms with van der Waals surface area (Å²) < 4.78 is 20.9. The fraction of sp³-hybridized carbons (Fsp3) is 0.150. The molecule has 1 aromatic carbocycles. The molecule has 0 saturated heterocycles. The molecule has 0 unspecified atom stereocenters. The van der Waals surface area contributed by atoms with Gasteiger partial charge in [-0.3, -0.25) is 19.1 Å². The highest BCUT2D eigenvalue weighted by molar-refractivity contribution is 8.08. The molecule has 2 aromatic heterocycles. The summed E-state index contributed by atoms with van der Waals surface area (Å²) in [4.78, 5) is 31.7. The predicted molar refractivity (Wildman–Crippen MR) is 112 cm³/mol. The molecule has 1 aliphatic rings. The van der Waals surface area contributed by atoms with E-state index >= 15 is 0 Å². The molecule has 0 bridgehead atoms. The largest absolute Gasteiger partial charge is 0.468 e. The molecule has 29 heavy (non-hydrogen) atoms. The maximum Gasteiger partial charge on any atom is 0.325 e. The SMILES string of the molecule is COC(=O)Cn1c(=O)/c(=C2\Sc3ccc(F)cc3N2C)s/c1=C\c1ccncc1. The molecule has 0 saturated carbocycles. The third-order valence-corrected chi connectivity index (χ3v) is 6.90. The van der Waals surface area contributed by atoms with Gasteiger partial charge in [0.05, 0.1) is 17.5 Å². The van der Waals surface area contributed by atoms with Crippen LogP contribution in [0.25, 0.3) is 11.1 Å². The lowest BCUT2D eigenvalue weighted by atomic mass is 10.3. The number of thioether (sulfide) groups is 1. The van der Waals surface area contributed by atoms with E-state index in [9.17, 15) is 14.0 Å². The Morgan fingerprint density at radius 3 is 2.76 bits per heavy atom. The Hall–Kier alpha value is -2.91. The van der Waals surface area contributed by atoms with E-state index in [1.54, 1.807) is 30.4 Å². The number of esters is 1. The number of rotatable bonds is 3. The fourth-order valence-corrected chi connectivity index (χ4v) is 5.33. The van der Waals surface area contributed by atoms with E-state index in [4.69, 9.17) is 4.74 Å². The molecular weight excluding hydrogens is 413 g/mol. The maximum absolute atomic E-state index is 13.7. The summed E-state index contributed by atoms with van der Waals surface area (Å²) in [6.07, 6.45) is 5.14. The minimum absolute atomic E-state index is 0.189. The summed E-state index contributed by atoms with van der Waals surface area (Å²) in [7, 11) is 3.08. The third-order valence-electron chi connectivity index (χ3n) is 4.41. The van der Waals surface area contributed by atoms with Crippen LogP contribution in [-0.4, -0.2) is 29.7 Å². The minimum atomic E-state index is -0.511. The van der Waals surface area contributed by atoms with E-state index in [1.807, 2.05) is 18.2 Å². The number of methoxy groups -OCH3 is 1. The smallest absolute Gasteiger partial charge is 0.325 e. The number of carbonyl (C=O) groups is 1. The molecule has 1 aliphatic heterocycles. The topological polar surface area (TPSA) is 64.4 Å². The second kappa shape index (κ2) is 7.84. The van der Waals surface area contributed by atoms with Crippen LogP contribution in [0.1, 0.15) is 5.56 Å². The van der Waals surface area contributed by atoms with E-state index < -0.39 is 5.97 Å². The summed E-state index contributed by atoms with van der Waals surface area (Å²) in [5.41, 5.74) is 1.27. The fourth-order valence-electron chi connectivity index (χ4n) is 2.93. The molecule has 9 heteroatoms. The molecule has 0 radical (unpaired) electrons. The van der Waals surface area contributed by atoms with Crippen molar-refractivity contribution in [1.29, 1.82) is 0 Å². The molecule has 4 rings (SSSR count). The zero-order valence-electron chi connectivity index (χ0n) is 15.6. The van der Waals surface area contributed by atoms with Gasteiger partial charge in [0, 0.05) is 24.3 Å². The van der Waals surface area contributed by atoms with Crippen LogP contribution >= 0.6 is 23.1 Å². The van der Waals surface area contributed by atoms with E-state index in [0.717, 1.165) is 10.5 Å². The summed E-state index contributed by atoms with van der Waals surface area (Å²) in [5.74, 6) is -0.845. The van der Waals surface area contributed by atoms with Gasteiger partial charge in [-0.05, 0) is 42.0 Å². The summed E-state index contributed by atoms with van der Waals surface area (Å²) in [6.45, 7) is -0.189. The second-order valence-corrected chi connectivity index (χ2v) is 8.30. The zero-order chi connectivity index (χ0) is 20.5. The summed E-state index contributed by atoms with van der Waals surface area (Å²) >= 11 is 2.69. The number of halogens is 1.